The molecular weight excluding hydrogens is 338 g/mol. The van der Waals surface area contributed by atoms with E-state index in [1.807, 2.05) is 0 Å². The van der Waals surface area contributed by atoms with E-state index < -0.39 is 25.8 Å². The molecule has 0 aliphatic carbocycles. The van der Waals surface area contributed by atoms with Gasteiger partial charge in [-0.3, -0.25) is 14.1 Å². The summed E-state index contributed by atoms with van der Waals surface area (Å²) in [6, 6.07) is -0.122. The lowest BCUT2D eigenvalue weighted by atomic mass is 10.1. The van der Waals surface area contributed by atoms with Crippen molar-refractivity contribution >= 4 is 36.4 Å². The maximum absolute atomic E-state index is 12.2. The lowest BCUT2D eigenvalue weighted by molar-refractivity contribution is 0.0926. The van der Waals surface area contributed by atoms with Gasteiger partial charge in [-0.15, -0.1) is 0 Å². The third kappa shape index (κ3) is 3.83. The molecule has 118 valence electrons. The van der Waals surface area contributed by atoms with Crippen molar-refractivity contribution in [3.8, 4) is 0 Å². The number of hydrogen-bond donors (Lipinski definition) is 2. The Hall–Kier alpha value is -0.930. The Morgan fingerprint density at radius 2 is 2.10 bits per heavy atom. The van der Waals surface area contributed by atoms with Gasteiger partial charge in [-0.25, -0.2) is 8.42 Å². The molecule has 2 rings (SSSR count). The van der Waals surface area contributed by atoms with Gasteiger partial charge in [0.15, 0.2) is 5.69 Å². The molecule has 0 saturated carbocycles. The Bertz CT molecular complexity index is 661. The maximum atomic E-state index is 12.2. The number of amides is 1. The van der Waals surface area contributed by atoms with Crippen molar-refractivity contribution in [1.82, 2.24) is 15.5 Å². The maximum Gasteiger partial charge on any atom is 0.273 e. The summed E-state index contributed by atoms with van der Waals surface area (Å²) < 4.78 is 34.5. The van der Waals surface area contributed by atoms with Gasteiger partial charge >= 0.3 is 0 Å². The fourth-order valence-corrected chi connectivity index (χ4v) is 4.87. The number of rotatable bonds is 4. The third-order valence-electron chi connectivity index (χ3n) is 3.33. The molecule has 1 aromatic heterocycles. The highest BCUT2D eigenvalue weighted by atomic mass is 35.7. The summed E-state index contributed by atoms with van der Waals surface area (Å²) >= 11 is 0. The monoisotopic (exact) mass is 353 g/mol. The van der Waals surface area contributed by atoms with Crippen molar-refractivity contribution in [3.05, 3.63) is 11.4 Å². The van der Waals surface area contributed by atoms with Gasteiger partial charge in [0.1, 0.15) is 4.90 Å². The van der Waals surface area contributed by atoms with E-state index in [1.165, 1.54) is 0 Å². The SMILES string of the molecule is CCc1[nH]nc(C(=O)NC2CCS(=O)CC2)c1S(=O)(=O)Cl. The van der Waals surface area contributed by atoms with E-state index in [1.54, 1.807) is 6.92 Å². The van der Waals surface area contributed by atoms with Crippen LogP contribution in [0.4, 0.5) is 0 Å². The van der Waals surface area contributed by atoms with E-state index in [2.05, 4.69) is 15.5 Å². The minimum Gasteiger partial charge on any atom is -0.348 e. The number of nitrogens with one attached hydrogen (secondary N) is 2. The van der Waals surface area contributed by atoms with Crippen molar-refractivity contribution in [1.29, 1.82) is 0 Å². The molecule has 0 aromatic carbocycles. The molecule has 1 aliphatic rings. The summed E-state index contributed by atoms with van der Waals surface area (Å²) in [5.74, 6) is 0.488. The average molecular weight is 354 g/mol. The molecule has 0 radical (unpaired) electrons. The normalized spacial score (nSPS) is 23.0. The number of aryl methyl sites for hydroxylation is 1. The Labute approximate surface area is 129 Å². The topological polar surface area (TPSA) is 109 Å². The molecule has 1 aromatic rings. The lowest BCUT2D eigenvalue weighted by Gasteiger charge is -2.22. The zero-order valence-corrected chi connectivity index (χ0v) is 13.8. The first kappa shape index (κ1) is 16.4. The Kier molecular flexibility index (Phi) is 5.05. The van der Waals surface area contributed by atoms with Crippen LogP contribution >= 0.6 is 10.7 Å². The second kappa shape index (κ2) is 6.45. The highest BCUT2D eigenvalue weighted by Gasteiger charge is 2.29. The first-order valence-corrected chi connectivity index (χ1v) is 10.3. The summed E-state index contributed by atoms with van der Waals surface area (Å²) in [7, 11) is 0.502. The zero-order valence-electron chi connectivity index (χ0n) is 11.4. The van der Waals surface area contributed by atoms with Crippen molar-refractivity contribution in [2.75, 3.05) is 11.5 Å². The molecule has 2 N–H and O–H groups in total. The summed E-state index contributed by atoms with van der Waals surface area (Å²) in [5, 5.41) is 9.03. The number of carbonyl (C=O) groups is 1. The molecule has 0 spiro atoms. The Morgan fingerprint density at radius 1 is 1.48 bits per heavy atom. The van der Waals surface area contributed by atoms with Crippen LogP contribution in [0.25, 0.3) is 0 Å². The van der Waals surface area contributed by atoms with Gasteiger partial charge in [0.05, 0.1) is 5.69 Å². The number of halogens is 1. The molecule has 7 nitrogen and oxygen atoms in total. The minimum absolute atomic E-state index is 0.122. The highest BCUT2D eigenvalue weighted by molar-refractivity contribution is 8.13. The van der Waals surface area contributed by atoms with E-state index in [-0.39, 0.29) is 16.6 Å². The largest absolute Gasteiger partial charge is 0.348 e. The van der Waals surface area contributed by atoms with Crippen LogP contribution in [0, 0.1) is 0 Å². The number of hydrogen-bond acceptors (Lipinski definition) is 5. The van der Waals surface area contributed by atoms with Gasteiger partial charge in [0, 0.05) is 39.0 Å². The summed E-state index contributed by atoms with van der Waals surface area (Å²) in [6.07, 6.45) is 1.57. The number of H-pyrrole nitrogens is 1. The van der Waals surface area contributed by atoms with Crippen LogP contribution in [0.1, 0.15) is 35.9 Å². The van der Waals surface area contributed by atoms with Crippen LogP contribution in [0.3, 0.4) is 0 Å². The molecule has 0 unspecified atom stereocenters. The van der Waals surface area contributed by atoms with Gasteiger partial charge in [0.25, 0.3) is 15.0 Å². The molecule has 1 fully saturated rings. The minimum atomic E-state index is -4.06. The van der Waals surface area contributed by atoms with E-state index in [4.69, 9.17) is 10.7 Å². The smallest absolute Gasteiger partial charge is 0.273 e. The predicted octanol–water partition coefficient (Wildman–Crippen LogP) is 0.540. The summed E-state index contributed by atoms with van der Waals surface area (Å²) in [4.78, 5) is 11.9. The molecule has 0 bridgehead atoms. The molecule has 1 amide bonds. The van der Waals surface area contributed by atoms with Gasteiger partial charge < -0.3 is 5.32 Å². The zero-order chi connectivity index (χ0) is 15.6. The molecule has 2 heterocycles. The van der Waals surface area contributed by atoms with Crippen molar-refractivity contribution < 1.29 is 17.4 Å². The molecule has 21 heavy (non-hydrogen) atoms. The Morgan fingerprint density at radius 3 is 2.62 bits per heavy atom. The third-order valence-corrected chi connectivity index (χ3v) is 6.10. The van der Waals surface area contributed by atoms with E-state index >= 15 is 0 Å². The van der Waals surface area contributed by atoms with E-state index in [0.29, 0.717) is 36.5 Å². The Balaban J connectivity index is 2.20. The number of nitrogens with zero attached hydrogens (tertiary/aromatic N) is 1. The van der Waals surface area contributed by atoms with Crippen molar-refractivity contribution in [2.24, 2.45) is 0 Å². The van der Waals surface area contributed by atoms with Crippen molar-refractivity contribution in [3.63, 3.8) is 0 Å². The summed E-state index contributed by atoms with van der Waals surface area (Å²) in [6.45, 7) is 1.73. The van der Waals surface area contributed by atoms with Crippen LogP contribution in [-0.2, 0) is 26.3 Å². The quantitative estimate of drug-likeness (QED) is 0.768. The second-order valence-electron chi connectivity index (χ2n) is 4.77. The van der Waals surface area contributed by atoms with E-state index in [0.717, 1.165) is 0 Å². The number of carbonyl (C=O) groups excluding carboxylic acids is 1. The first-order chi connectivity index (χ1) is 9.82. The molecule has 1 saturated heterocycles. The van der Waals surface area contributed by atoms with Crippen LogP contribution in [-0.4, -0.2) is 46.3 Å². The molecule has 1 aliphatic heterocycles. The van der Waals surface area contributed by atoms with Crippen LogP contribution in [0.2, 0.25) is 0 Å². The summed E-state index contributed by atoms with van der Waals surface area (Å²) in [5.41, 5.74) is 0.0912. The number of aromatic amines is 1. The lowest BCUT2D eigenvalue weighted by Crippen LogP contribution is -2.40. The fraction of sp³-hybridized carbons (Fsp3) is 0.636. The predicted molar refractivity (Wildman–Crippen MR) is 79.4 cm³/mol. The molecule has 10 heteroatoms. The standard InChI is InChI=1S/C11H16ClN3O4S2/c1-2-8-10(21(12,18)19)9(15-14-8)11(16)13-7-3-5-20(17)6-4-7/h7H,2-6H2,1H3,(H,13,16)(H,14,15). The van der Waals surface area contributed by atoms with Gasteiger partial charge in [-0.05, 0) is 19.3 Å². The van der Waals surface area contributed by atoms with Gasteiger partial charge in [0.2, 0.25) is 0 Å². The van der Waals surface area contributed by atoms with E-state index in [9.17, 15) is 17.4 Å². The molecular formula is C11H16ClN3O4S2. The van der Waals surface area contributed by atoms with Gasteiger partial charge in [-0.1, -0.05) is 6.92 Å². The molecule has 0 atom stereocenters. The van der Waals surface area contributed by atoms with Crippen LogP contribution < -0.4 is 5.32 Å². The second-order valence-corrected chi connectivity index (χ2v) is 8.97. The van der Waals surface area contributed by atoms with Gasteiger partial charge in [-0.2, -0.15) is 5.10 Å². The average Bonchev–Trinajstić information content (AvgIpc) is 2.85. The first-order valence-electron chi connectivity index (χ1n) is 6.50. The number of aromatic nitrogens is 2. The van der Waals surface area contributed by atoms with Crippen LogP contribution in [0.15, 0.2) is 4.90 Å². The van der Waals surface area contributed by atoms with Crippen molar-refractivity contribution in [2.45, 2.75) is 37.1 Å². The van der Waals surface area contributed by atoms with Crippen LogP contribution in [0.5, 0.6) is 0 Å². The highest BCUT2D eigenvalue weighted by Crippen LogP contribution is 2.23. The fourth-order valence-electron chi connectivity index (χ4n) is 2.22.